The fourth-order valence-corrected chi connectivity index (χ4v) is 4.18. The van der Waals surface area contributed by atoms with Crippen molar-refractivity contribution < 1.29 is 4.39 Å². The van der Waals surface area contributed by atoms with Crippen molar-refractivity contribution in [3.63, 3.8) is 0 Å². The van der Waals surface area contributed by atoms with E-state index in [0.717, 1.165) is 41.1 Å². The topological polar surface area (TPSA) is 26.0 Å². The molecule has 2 atom stereocenters. The Bertz CT molecular complexity index is 440. The van der Waals surface area contributed by atoms with Gasteiger partial charge in [0.05, 0.1) is 0 Å². The first-order valence-corrected chi connectivity index (χ1v) is 8.39. The number of rotatable bonds is 4. The molecule has 0 heterocycles. The zero-order valence-corrected chi connectivity index (χ0v) is 14.0. The van der Waals surface area contributed by atoms with Crippen molar-refractivity contribution in [2.24, 2.45) is 17.6 Å². The molecule has 3 heteroatoms. The average Bonchev–Trinajstić information content (AvgIpc) is 2.25. The fraction of sp³-hybridized carbons (Fsp3) is 0.647. The molecule has 1 saturated carbocycles. The van der Waals surface area contributed by atoms with Crippen LogP contribution in [0.15, 0.2) is 22.7 Å². The maximum Gasteiger partial charge on any atom is 0.124 e. The van der Waals surface area contributed by atoms with E-state index >= 15 is 0 Å². The summed E-state index contributed by atoms with van der Waals surface area (Å²) in [7, 11) is 0. The molecule has 1 aromatic rings. The normalized spacial score (nSPS) is 27.0. The lowest BCUT2D eigenvalue weighted by molar-refractivity contribution is 0.200. The van der Waals surface area contributed by atoms with Crippen molar-refractivity contribution in [2.45, 2.75) is 57.9 Å². The minimum atomic E-state index is -0.187. The van der Waals surface area contributed by atoms with Crippen molar-refractivity contribution in [1.29, 1.82) is 0 Å². The molecule has 2 N–H and O–H groups in total. The average molecular weight is 342 g/mol. The third-order valence-electron chi connectivity index (χ3n) is 4.27. The molecule has 0 amide bonds. The van der Waals surface area contributed by atoms with Gasteiger partial charge in [0.2, 0.25) is 0 Å². The summed E-state index contributed by atoms with van der Waals surface area (Å²) >= 11 is 3.36. The minimum absolute atomic E-state index is 0.162. The first kappa shape index (κ1) is 16.0. The fourth-order valence-electron chi connectivity index (χ4n) is 3.67. The van der Waals surface area contributed by atoms with Crippen LogP contribution in [0.5, 0.6) is 0 Å². The van der Waals surface area contributed by atoms with E-state index in [4.69, 9.17) is 5.73 Å². The van der Waals surface area contributed by atoms with E-state index in [2.05, 4.69) is 29.8 Å². The molecule has 0 saturated heterocycles. The molecular formula is C17H25BrFN. The molecule has 1 fully saturated rings. The zero-order valence-electron chi connectivity index (χ0n) is 12.5. The Hall–Kier alpha value is -0.410. The van der Waals surface area contributed by atoms with Gasteiger partial charge in [-0.1, -0.05) is 42.6 Å². The Labute approximate surface area is 130 Å². The molecule has 1 aliphatic carbocycles. The van der Waals surface area contributed by atoms with Crippen LogP contribution in [0.4, 0.5) is 4.39 Å². The van der Waals surface area contributed by atoms with Crippen LogP contribution in [0, 0.1) is 17.7 Å². The molecule has 112 valence electrons. The maximum atomic E-state index is 13.5. The van der Waals surface area contributed by atoms with Gasteiger partial charge in [0.1, 0.15) is 5.82 Å². The molecule has 20 heavy (non-hydrogen) atoms. The SMILES string of the molecule is CC(C)CC1CCCC(N)(Cc2cc(F)cc(Br)c2)C1. The van der Waals surface area contributed by atoms with E-state index in [1.807, 2.05) is 6.07 Å². The van der Waals surface area contributed by atoms with E-state index in [1.54, 1.807) is 6.07 Å². The second kappa shape index (κ2) is 6.57. The van der Waals surface area contributed by atoms with Crippen LogP contribution < -0.4 is 5.73 Å². The summed E-state index contributed by atoms with van der Waals surface area (Å²) in [6.07, 6.45) is 6.65. The third kappa shape index (κ3) is 4.56. The monoisotopic (exact) mass is 341 g/mol. The lowest BCUT2D eigenvalue weighted by Crippen LogP contribution is -2.46. The molecular weight excluding hydrogens is 317 g/mol. The summed E-state index contributed by atoms with van der Waals surface area (Å²) in [6.45, 7) is 4.55. The van der Waals surface area contributed by atoms with Gasteiger partial charge in [0.15, 0.2) is 0 Å². The van der Waals surface area contributed by atoms with Gasteiger partial charge in [-0.05, 0) is 61.3 Å². The van der Waals surface area contributed by atoms with E-state index < -0.39 is 0 Å². The number of hydrogen-bond acceptors (Lipinski definition) is 1. The van der Waals surface area contributed by atoms with Crippen LogP contribution in [-0.4, -0.2) is 5.54 Å². The molecule has 2 unspecified atom stereocenters. The van der Waals surface area contributed by atoms with Crippen LogP contribution in [0.1, 0.15) is 51.5 Å². The molecule has 0 spiro atoms. The van der Waals surface area contributed by atoms with E-state index in [-0.39, 0.29) is 11.4 Å². The maximum absolute atomic E-state index is 13.5. The van der Waals surface area contributed by atoms with Gasteiger partial charge < -0.3 is 5.73 Å². The highest BCUT2D eigenvalue weighted by Crippen LogP contribution is 2.36. The lowest BCUT2D eigenvalue weighted by Gasteiger charge is -2.39. The van der Waals surface area contributed by atoms with Crippen LogP contribution in [-0.2, 0) is 6.42 Å². The highest BCUT2D eigenvalue weighted by Gasteiger charge is 2.33. The Morgan fingerprint density at radius 2 is 2.15 bits per heavy atom. The number of benzene rings is 1. The summed E-state index contributed by atoms with van der Waals surface area (Å²) in [5, 5.41) is 0. The molecule has 0 aliphatic heterocycles. The largest absolute Gasteiger partial charge is 0.325 e. The standard InChI is InChI=1S/C17H25BrFN/c1-12(2)6-13-4-3-5-17(20,10-13)11-14-7-15(18)9-16(19)8-14/h7-9,12-13H,3-6,10-11,20H2,1-2H3. The predicted octanol–water partition coefficient (Wildman–Crippen LogP) is 5.06. The highest BCUT2D eigenvalue weighted by molar-refractivity contribution is 9.10. The second-order valence-electron chi connectivity index (χ2n) is 6.91. The van der Waals surface area contributed by atoms with Crippen molar-refractivity contribution in [3.8, 4) is 0 Å². The summed E-state index contributed by atoms with van der Waals surface area (Å²) < 4.78 is 14.3. The van der Waals surface area contributed by atoms with Crippen molar-refractivity contribution in [2.75, 3.05) is 0 Å². The van der Waals surface area contributed by atoms with Gasteiger partial charge in [-0.2, -0.15) is 0 Å². The molecule has 0 aromatic heterocycles. The molecule has 0 radical (unpaired) electrons. The smallest absolute Gasteiger partial charge is 0.124 e. The van der Waals surface area contributed by atoms with Gasteiger partial charge in [-0.25, -0.2) is 4.39 Å². The molecule has 1 aliphatic rings. The Morgan fingerprint density at radius 1 is 1.40 bits per heavy atom. The summed E-state index contributed by atoms with van der Waals surface area (Å²) in [6, 6.07) is 5.10. The third-order valence-corrected chi connectivity index (χ3v) is 4.72. The van der Waals surface area contributed by atoms with Crippen molar-refractivity contribution in [1.82, 2.24) is 0 Å². The Balaban J connectivity index is 2.06. The molecule has 1 nitrogen and oxygen atoms in total. The van der Waals surface area contributed by atoms with Crippen LogP contribution >= 0.6 is 15.9 Å². The van der Waals surface area contributed by atoms with Gasteiger partial charge in [-0.15, -0.1) is 0 Å². The zero-order chi connectivity index (χ0) is 14.8. The first-order chi connectivity index (χ1) is 9.36. The van der Waals surface area contributed by atoms with Crippen LogP contribution in [0.3, 0.4) is 0 Å². The van der Waals surface area contributed by atoms with E-state index in [0.29, 0.717) is 0 Å². The van der Waals surface area contributed by atoms with Crippen LogP contribution in [0.2, 0.25) is 0 Å². The van der Waals surface area contributed by atoms with Gasteiger partial charge >= 0.3 is 0 Å². The molecule has 0 bridgehead atoms. The lowest BCUT2D eigenvalue weighted by atomic mass is 9.71. The molecule has 1 aromatic carbocycles. The van der Waals surface area contributed by atoms with E-state index in [9.17, 15) is 4.39 Å². The summed E-state index contributed by atoms with van der Waals surface area (Å²) in [5.74, 6) is 1.27. The summed E-state index contributed by atoms with van der Waals surface area (Å²) in [5.41, 5.74) is 7.46. The van der Waals surface area contributed by atoms with E-state index in [1.165, 1.54) is 25.3 Å². The number of nitrogens with two attached hydrogens (primary N) is 1. The van der Waals surface area contributed by atoms with Crippen molar-refractivity contribution in [3.05, 3.63) is 34.1 Å². The number of hydrogen-bond donors (Lipinski definition) is 1. The van der Waals surface area contributed by atoms with Gasteiger partial charge in [0, 0.05) is 10.0 Å². The summed E-state index contributed by atoms with van der Waals surface area (Å²) in [4.78, 5) is 0. The van der Waals surface area contributed by atoms with Crippen LogP contribution in [0.25, 0.3) is 0 Å². The van der Waals surface area contributed by atoms with Crippen molar-refractivity contribution >= 4 is 15.9 Å². The Morgan fingerprint density at radius 3 is 2.80 bits per heavy atom. The van der Waals surface area contributed by atoms with Gasteiger partial charge in [-0.3, -0.25) is 0 Å². The Kier molecular flexibility index (Phi) is 5.25. The highest BCUT2D eigenvalue weighted by atomic mass is 79.9. The van der Waals surface area contributed by atoms with Gasteiger partial charge in [0.25, 0.3) is 0 Å². The second-order valence-corrected chi connectivity index (χ2v) is 7.82. The quantitative estimate of drug-likeness (QED) is 0.813. The molecule has 2 rings (SSSR count). The predicted molar refractivity (Wildman–Crippen MR) is 86.1 cm³/mol. The number of halogens is 2. The minimum Gasteiger partial charge on any atom is -0.325 e. The first-order valence-electron chi connectivity index (χ1n) is 7.60.